The molecule has 0 N–H and O–H groups in total. The lowest BCUT2D eigenvalue weighted by Crippen LogP contribution is -2.67. The summed E-state index contributed by atoms with van der Waals surface area (Å²) in [6.45, 7) is 4.08. The van der Waals surface area contributed by atoms with Gasteiger partial charge in [-0.25, -0.2) is 0 Å². The summed E-state index contributed by atoms with van der Waals surface area (Å²) in [6, 6.07) is 0. The summed E-state index contributed by atoms with van der Waals surface area (Å²) in [6.07, 6.45) is 3.69. The average Bonchev–Trinajstić information content (AvgIpc) is 2.31. The van der Waals surface area contributed by atoms with Gasteiger partial charge in [0.2, 0.25) is 0 Å². The Morgan fingerprint density at radius 3 is 1.64 bits per heavy atom. The molecule has 0 saturated heterocycles. The van der Waals surface area contributed by atoms with Crippen molar-refractivity contribution in [3.63, 3.8) is 0 Å². The Balaban J connectivity index is 1.93. The van der Waals surface area contributed by atoms with E-state index in [9.17, 15) is 14.4 Å². The van der Waals surface area contributed by atoms with Crippen LogP contribution in [0.3, 0.4) is 0 Å². The normalized spacial score (nSPS) is 37.5. The molecule has 2 atom stereocenters. The molecular formula is C16H22O6. The molecule has 22 heavy (non-hydrogen) atoms. The van der Waals surface area contributed by atoms with Crippen molar-refractivity contribution in [2.45, 2.75) is 64.3 Å². The Labute approximate surface area is 129 Å². The summed E-state index contributed by atoms with van der Waals surface area (Å²) in [4.78, 5) is 34.6. The third-order valence-corrected chi connectivity index (χ3v) is 5.24. The standard InChI is InChI=1S/C16H22O6/c1-9(17)20-15-6-12-4-13(7-15)16(21-10(2)18,22-11(3)19)14(5-12)8-15/h12-14H,4-8H2,1-3H3/t12?,13-,14-,15?/m1/s1. The number of esters is 3. The van der Waals surface area contributed by atoms with Crippen LogP contribution in [0.2, 0.25) is 0 Å². The summed E-state index contributed by atoms with van der Waals surface area (Å²) in [5.74, 6) is -2.15. The third kappa shape index (κ3) is 2.38. The van der Waals surface area contributed by atoms with Crippen LogP contribution >= 0.6 is 0 Å². The van der Waals surface area contributed by atoms with E-state index in [0.29, 0.717) is 18.8 Å². The number of hydrogen-bond acceptors (Lipinski definition) is 6. The van der Waals surface area contributed by atoms with Gasteiger partial charge in [0, 0.05) is 32.6 Å². The van der Waals surface area contributed by atoms with E-state index in [-0.39, 0.29) is 17.8 Å². The molecule has 0 aromatic carbocycles. The van der Waals surface area contributed by atoms with E-state index in [1.165, 1.54) is 20.8 Å². The number of ether oxygens (including phenoxy) is 3. The maximum Gasteiger partial charge on any atom is 0.305 e. The van der Waals surface area contributed by atoms with Crippen LogP contribution in [0.1, 0.15) is 52.9 Å². The van der Waals surface area contributed by atoms with Gasteiger partial charge in [-0.3, -0.25) is 14.4 Å². The van der Waals surface area contributed by atoms with E-state index in [2.05, 4.69) is 0 Å². The molecule has 0 amide bonds. The molecule has 0 heterocycles. The first-order valence-corrected chi connectivity index (χ1v) is 7.83. The minimum atomic E-state index is -1.18. The Bertz CT molecular complexity index is 491. The van der Waals surface area contributed by atoms with Gasteiger partial charge in [0.15, 0.2) is 0 Å². The van der Waals surface area contributed by atoms with E-state index in [0.717, 1.165) is 19.3 Å². The third-order valence-electron chi connectivity index (χ3n) is 5.24. The van der Waals surface area contributed by atoms with Crippen molar-refractivity contribution in [3.05, 3.63) is 0 Å². The first-order chi connectivity index (χ1) is 10.2. The lowest BCUT2D eigenvalue weighted by molar-refractivity contribution is -0.328. The molecule has 6 nitrogen and oxygen atoms in total. The van der Waals surface area contributed by atoms with E-state index in [4.69, 9.17) is 14.2 Å². The van der Waals surface area contributed by atoms with E-state index < -0.39 is 23.3 Å². The van der Waals surface area contributed by atoms with Crippen LogP contribution in [0.15, 0.2) is 0 Å². The molecule has 6 heteroatoms. The second kappa shape index (κ2) is 4.96. The fourth-order valence-corrected chi connectivity index (χ4v) is 5.09. The molecule has 4 fully saturated rings. The Morgan fingerprint density at radius 2 is 1.23 bits per heavy atom. The predicted octanol–water partition coefficient (Wildman–Crippen LogP) is 1.95. The van der Waals surface area contributed by atoms with Crippen LogP contribution in [0.4, 0.5) is 0 Å². The monoisotopic (exact) mass is 310 g/mol. The first-order valence-electron chi connectivity index (χ1n) is 7.83. The van der Waals surface area contributed by atoms with Gasteiger partial charge >= 0.3 is 17.9 Å². The van der Waals surface area contributed by atoms with Crippen molar-refractivity contribution in [3.8, 4) is 0 Å². The Kier molecular flexibility index (Phi) is 3.45. The van der Waals surface area contributed by atoms with Crippen LogP contribution in [0.25, 0.3) is 0 Å². The van der Waals surface area contributed by atoms with Gasteiger partial charge in [-0.1, -0.05) is 0 Å². The van der Waals surface area contributed by atoms with Gasteiger partial charge in [0.25, 0.3) is 5.79 Å². The average molecular weight is 310 g/mol. The molecule has 4 aliphatic carbocycles. The van der Waals surface area contributed by atoms with Crippen LogP contribution in [-0.4, -0.2) is 29.3 Å². The zero-order valence-electron chi connectivity index (χ0n) is 13.2. The fourth-order valence-electron chi connectivity index (χ4n) is 5.09. The lowest BCUT2D eigenvalue weighted by atomic mass is 9.51. The minimum Gasteiger partial charge on any atom is -0.459 e. The first kappa shape index (κ1) is 15.3. The van der Waals surface area contributed by atoms with Gasteiger partial charge in [0.1, 0.15) is 5.60 Å². The maximum atomic E-state index is 11.6. The highest BCUT2D eigenvalue weighted by Gasteiger charge is 2.67. The molecular weight excluding hydrogens is 288 g/mol. The van der Waals surface area contributed by atoms with Crippen molar-refractivity contribution in [1.29, 1.82) is 0 Å². The number of carbonyl (C=O) groups excluding carboxylic acids is 3. The second-order valence-electron chi connectivity index (χ2n) is 7.03. The summed E-state index contributed by atoms with van der Waals surface area (Å²) in [5, 5.41) is 0. The van der Waals surface area contributed by atoms with Crippen molar-refractivity contribution >= 4 is 17.9 Å². The van der Waals surface area contributed by atoms with Crippen LogP contribution in [0, 0.1) is 17.8 Å². The largest absolute Gasteiger partial charge is 0.459 e. The SMILES string of the molecule is CC(=O)OC12CC3C[C@H](C1)C(OC(C)=O)(OC(C)=O)[C@H](C3)C2. The fraction of sp³-hybridized carbons (Fsp3) is 0.812. The van der Waals surface area contributed by atoms with Crippen molar-refractivity contribution < 1.29 is 28.6 Å². The second-order valence-corrected chi connectivity index (χ2v) is 7.03. The molecule has 4 saturated carbocycles. The van der Waals surface area contributed by atoms with E-state index >= 15 is 0 Å². The number of hydrogen-bond donors (Lipinski definition) is 0. The van der Waals surface area contributed by atoms with Gasteiger partial charge in [-0.2, -0.15) is 0 Å². The summed E-state index contributed by atoms with van der Waals surface area (Å²) >= 11 is 0. The smallest absolute Gasteiger partial charge is 0.305 e. The molecule has 0 radical (unpaired) electrons. The highest BCUT2D eigenvalue weighted by atomic mass is 16.7. The van der Waals surface area contributed by atoms with Gasteiger partial charge < -0.3 is 14.2 Å². The molecule has 0 spiro atoms. The molecule has 0 aromatic heterocycles. The van der Waals surface area contributed by atoms with E-state index in [1.807, 2.05) is 0 Å². The van der Waals surface area contributed by atoms with Crippen molar-refractivity contribution in [2.24, 2.45) is 17.8 Å². The quantitative estimate of drug-likeness (QED) is 0.585. The molecule has 0 unspecified atom stereocenters. The Hall–Kier alpha value is -1.59. The summed E-state index contributed by atoms with van der Waals surface area (Å²) in [5.41, 5.74) is -0.480. The summed E-state index contributed by atoms with van der Waals surface area (Å²) in [7, 11) is 0. The van der Waals surface area contributed by atoms with Crippen LogP contribution in [-0.2, 0) is 28.6 Å². The van der Waals surface area contributed by atoms with E-state index in [1.54, 1.807) is 0 Å². The van der Waals surface area contributed by atoms with Crippen LogP contribution < -0.4 is 0 Å². The van der Waals surface area contributed by atoms with Crippen molar-refractivity contribution in [1.82, 2.24) is 0 Å². The van der Waals surface area contributed by atoms with Crippen molar-refractivity contribution in [2.75, 3.05) is 0 Å². The minimum absolute atomic E-state index is 0.106. The molecule has 122 valence electrons. The molecule has 4 rings (SSSR count). The molecule has 4 bridgehead atoms. The molecule has 0 aliphatic heterocycles. The highest BCUT2D eigenvalue weighted by Crippen LogP contribution is 2.62. The zero-order valence-corrected chi connectivity index (χ0v) is 13.2. The number of carbonyl (C=O) groups is 3. The van der Waals surface area contributed by atoms with Crippen LogP contribution in [0.5, 0.6) is 0 Å². The Morgan fingerprint density at radius 1 is 0.773 bits per heavy atom. The van der Waals surface area contributed by atoms with Gasteiger partial charge in [-0.15, -0.1) is 0 Å². The topological polar surface area (TPSA) is 78.9 Å². The van der Waals surface area contributed by atoms with Gasteiger partial charge in [0.05, 0.1) is 0 Å². The predicted molar refractivity (Wildman–Crippen MR) is 74.3 cm³/mol. The maximum absolute atomic E-state index is 11.6. The van der Waals surface area contributed by atoms with Gasteiger partial charge in [-0.05, 0) is 38.0 Å². The number of rotatable bonds is 3. The highest BCUT2D eigenvalue weighted by molar-refractivity contribution is 5.69. The molecule has 4 aliphatic rings. The molecule has 0 aromatic rings. The lowest BCUT2D eigenvalue weighted by Gasteiger charge is -2.61. The summed E-state index contributed by atoms with van der Waals surface area (Å²) < 4.78 is 16.7. The zero-order chi connectivity index (χ0) is 16.1.